The summed E-state index contributed by atoms with van der Waals surface area (Å²) in [5.74, 6) is -0.326. The first-order valence-corrected chi connectivity index (χ1v) is 7.44. The molecule has 0 amide bonds. The average Bonchev–Trinajstić information content (AvgIpc) is 2.59. The first kappa shape index (κ1) is 17.6. The van der Waals surface area contributed by atoms with Gasteiger partial charge in [-0.05, 0) is 36.2 Å². The topological polar surface area (TPSA) is 112 Å². The molecule has 128 valence electrons. The van der Waals surface area contributed by atoms with E-state index in [2.05, 4.69) is 10.3 Å². The lowest BCUT2D eigenvalue weighted by molar-refractivity contribution is 0.0690. The van der Waals surface area contributed by atoms with Crippen molar-refractivity contribution in [2.75, 3.05) is 25.6 Å². The number of carboxylic acids is 1. The predicted molar refractivity (Wildman–Crippen MR) is 88.6 cm³/mol. The lowest BCUT2D eigenvalue weighted by Crippen LogP contribution is -2.21. The number of nitrogens with one attached hydrogen (secondary N) is 1. The molecule has 0 fully saturated rings. The third-order valence-electron chi connectivity index (χ3n) is 3.57. The van der Waals surface area contributed by atoms with E-state index in [0.717, 1.165) is 5.56 Å². The monoisotopic (exact) mass is 332 g/mol. The fourth-order valence-electron chi connectivity index (χ4n) is 2.30. The third-order valence-corrected chi connectivity index (χ3v) is 3.57. The van der Waals surface area contributed by atoms with Gasteiger partial charge in [-0.25, -0.2) is 9.78 Å². The molecule has 0 spiro atoms. The van der Waals surface area contributed by atoms with Crippen LogP contribution in [0.1, 0.15) is 16.1 Å². The molecule has 7 heteroatoms. The van der Waals surface area contributed by atoms with Crippen LogP contribution < -0.4 is 10.1 Å². The maximum Gasteiger partial charge on any atom is 0.354 e. The average molecular weight is 332 g/mol. The molecule has 0 aliphatic rings. The number of nitrogens with zero attached hydrogens (tertiary/aromatic N) is 1. The summed E-state index contributed by atoms with van der Waals surface area (Å²) in [6, 6.07) is 9.78. The number of carboxylic acid groups (broad SMARTS) is 1. The maximum atomic E-state index is 10.9. The summed E-state index contributed by atoms with van der Waals surface area (Å²) in [4.78, 5) is 14.9. The van der Waals surface area contributed by atoms with Gasteiger partial charge in [-0.15, -0.1) is 0 Å². The summed E-state index contributed by atoms with van der Waals surface area (Å²) in [5, 5.41) is 31.3. The largest absolute Gasteiger partial charge is 0.504 e. The number of aromatic hydroxyl groups is 1. The summed E-state index contributed by atoms with van der Waals surface area (Å²) in [5.41, 5.74) is 0.821. The highest BCUT2D eigenvalue weighted by atomic mass is 16.5. The Balaban J connectivity index is 1.98. The van der Waals surface area contributed by atoms with Gasteiger partial charge < -0.3 is 25.4 Å². The highest BCUT2D eigenvalue weighted by molar-refractivity contribution is 5.85. The van der Waals surface area contributed by atoms with Crippen LogP contribution in [0.25, 0.3) is 0 Å². The molecular formula is C17H20N2O5. The number of aromatic carboxylic acids is 1. The second kappa shape index (κ2) is 8.16. The molecule has 4 N–H and O–H groups in total. The highest BCUT2D eigenvalue weighted by Gasteiger charge is 2.12. The lowest BCUT2D eigenvalue weighted by atomic mass is 9.99. The summed E-state index contributed by atoms with van der Waals surface area (Å²) < 4.78 is 5.00. The fraction of sp³-hybridized carbons (Fsp3) is 0.294. The van der Waals surface area contributed by atoms with Crippen molar-refractivity contribution >= 4 is 11.8 Å². The van der Waals surface area contributed by atoms with Crippen LogP contribution in [0, 0.1) is 5.92 Å². The van der Waals surface area contributed by atoms with Gasteiger partial charge in [-0.3, -0.25) is 0 Å². The number of benzene rings is 1. The molecule has 24 heavy (non-hydrogen) atoms. The van der Waals surface area contributed by atoms with Crippen molar-refractivity contribution in [3.05, 3.63) is 47.7 Å². The van der Waals surface area contributed by atoms with Crippen molar-refractivity contribution in [1.82, 2.24) is 4.98 Å². The van der Waals surface area contributed by atoms with Crippen LogP contribution in [0.2, 0.25) is 0 Å². The number of hydrogen-bond acceptors (Lipinski definition) is 6. The molecule has 1 aromatic carbocycles. The molecule has 1 aromatic heterocycles. The standard InChI is InChI=1S/C17H20N2O5/c1-24-15-6-5-11(8-14(15)21)7-12(10-20)9-18-16-4-2-3-13(19-16)17(22)23/h2-6,8,12,20-21H,7,9-10H2,1H3,(H,18,19)(H,22,23). The van der Waals surface area contributed by atoms with E-state index in [0.29, 0.717) is 24.5 Å². The number of aromatic nitrogens is 1. The normalized spacial score (nSPS) is 11.8. The van der Waals surface area contributed by atoms with Gasteiger partial charge in [0.1, 0.15) is 5.82 Å². The molecule has 1 unspecified atom stereocenters. The molecule has 0 aliphatic heterocycles. The quantitative estimate of drug-likeness (QED) is 0.583. The Kier molecular flexibility index (Phi) is 5.97. The van der Waals surface area contributed by atoms with Gasteiger partial charge >= 0.3 is 5.97 Å². The number of phenols is 1. The molecular weight excluding hydrogens is 312 g/mol. The van der Waals surface area contributed by atoms with E-state index in [1.165, 1.54) is 13.2 Å². The first-order chi connectivity index (χ1) is 11.5. The number of rotatable bonds is 8. The number of ether oxygens (including phenoxy) is 1. The molecule has 7 nitrogen and oxygen atoms in total. The Morgan fingerprint density at radius 3 is 2.75 bits per heavy atom. The molecule has 2 aromatic rings. The minimum Gasteiger partial charge on any atom is -0.504 e. The zero-order chi connectivity index (χ0) is 17.5. The summed E-state index contributed by atoms with van der Waals surface area (Å²) in [6.45, 7) is 0.359. The van der Waals surface area contributed by atoms with E-state index >= 15 is 0 Å². The molecule has 0 aliphatic carbocycles. The van der Waals surface area contributed by atoms with E-state index in [1.54, 1.807) is 24.3 Å². The highest BCUT2D eigenvalue weighted by Crippen LogP contribution is 2.27. The van der Waals surface area contributed by atoms with Crippen molar-refractivity contribution in [2.45, 2.75) is 6.42 Å². The second-order valence-electron chi connectivity index (χ2n) is 5.35. The second-order valence-corrected chi connectivity index (χ2v) is 5.35. The molecule has 0 saturated carbocycles. The molecule has 0 bridgehead atoms. The van der Waals surface area contributed by atoms with E-state index in [9.17, 15) is 15.0 Å². The van der Waals surface area contributed by atoms with Crippen molar-refractivity contribution in [1.29, 1.82) is 0 Å². The maximum absolute atomic E-state index is 10.9. The number of carbonyl (C=O) groups is 1. The van der Waals surface area contributed by atoms with Gasteiger partial charge in [-0.1, -0.05) is 12.1 Å². The SMILES string of the molecule is COc1ccc(CC(CO)CNc2cccc(C(=O)O)n2)cc1O. The van der Waals surface area contributed by atoms with Gasteiger partial charge in [0.15, 0.2) is 17.2 Å². The Morgan fingerprint density at radius 2 is 2.12 bits per heavy atom. The number of phenolic OH excluding ortho intramolecular Hbond substituents is 1. The Hall–Kier alpha value is -2.80. The van der Waals surface area contributed by atoms with E-state index in [1.807, 2.05) is 6.07 Å². The Morgan fingerprint density at radius 1 is 1.33 bits per heavy atom. The Bertz CT molecular complexity index is 705. The zero-order valence-electron chi connectivity index (χ0n) is 13.3. The Labute approximate surface area is 139 Å². The van der Waals surface area contributed by atoms with Crippen molar-refractivity contribution in [3.63, 3.8) is 0 Å². The van der Waals surface area contributed by atoms with Gasteiger partial charge in [0.05, 0.1) is 7.11 Å². The minimum atomic E-state index is -1.09. The number of anilines is 1. The smallest absolute Gasteiger partial charge is 0.354 e. The van der Waals surface area contributed by atoms with Crippen LogP contribution in [0.5, 0.6) is 11.5 Å². The van der Waals surface area contributed by atoms with Crippen molar-refractivity contribution in [2.24, 2.45) is 5.92 Å². The molecule has 0 radical (unpaired) electrons. The van der Waals surface area contributed by atoms with Gasteiger partial charge in [0.2, 0.25) is 0 Å². The van der Waals surface area contributed by atoms with Crippen molar-refractivity contribution in [3.8, 4) is 11.5 Å². The van der Waals surface area contributed by atoms with Crippen LogP contribution in [-0.2, 0) is 6.42 Å². The van der Waals surface area contributed by atoms with Crippen LogP contribution in [0.4, 0.5) is 5.82 Å². The van der Waals surface area contributed by atoms with Gasteiger partial charge in [-0.2, -0.15) is 0 Å². The van der Waals surface area contributed by atoms with Gasteiger partial charge in [0.25, 0.3) is 0 Å². The predicted octanol–water partition coefficient (Wildman–Crippen LogP) is 1.76. The molecule has 0 saturated heterocycles. The fourth-order valence-corrected chi connectivity index (χ4v) is 2.30. The zero-order valence-corrected chi connectivity index (χ0v) is 13.3. The van der Waals surface area contributed by atoms with Crippen LogP contribution >= 0.6 is 0 Å². The van der Waals surface area contributed by atoms with Crippen LogP contribution in [0.15, 0.2) is 36.4 Å². The molecule has 1 heterocycles. The summed E-state index contributed by atoms with van der Waals surface area (Å²) >= 11 is 0. The first-order valence-electron chi connectivity index (χ1n) is 7.44. The molecule has 2 rings (SSSR count). The van der Waals surface area contributed by atoms with Gasteiger partial charge in [0, 0.05) is 19.1 Å². The van der Waals surface area contributed by atoms with E-state index < -0.39 is 5.97 Å². The van der Waals surface area contributed by atoms with Crippen LogP contribution in [-0.4, -0.2) is 46.5 Å². The summed E-state index contributed by atoms with van der Waals surface area (Å²) in [6.07, 6.45) is 0.541. The lowest BCUT2D eigenvalue weighted by Gasteiger charge is -2.16. The number of aliphatic hydroxyl groups is 1. The minimum absolute atomic E-state index is 0.0411. The molecule has 1 atom stereocenters. The van der Waals surface area contributed by atoms with Crippen LogP contribution in [0.3, 0.4) is 0 Å². The number of pyridine rings is 1. The third kappa shape index (κ3) is 4.60. The van der Waals surface area contributed by atoms with E-state index in [4.69, 9.17) is 9.84 Å². The number of methoxy groups -OCH3 is 1. The van der Waals surface area contributed by atoms with Crippen molar-refractivity contribution < 1.29 is 24.9 Å². The number of hydrogen-bond donors (Lipinski definition) is 4. The van der Waals surface area contributed by atoms with E-state index in [-0.39, 0.29) is 24.0 Å². The summed E-state index contributed by atoms with van der Waals surface area (Å²) in [7, 11) is 1.48. The number of aliphatic hydroxyl groups excluding tert-OH is 1.